The van der Waals surface area contributed by atoms with Crippen molar-refractivity contribution in [1.82, 2.24) is 10.6 Å². The van der Waals surface area contributed by atoms with Crippen molar-refractivity contribution in [3.8, 4) is 0 Å². The molecule has 4 nitrogen and oxygen atoms in total. The van der Waals surface area contributed by atoms with Crippen LogP contribution in [-0.2, 0) is 4.79 Å². The van der Waals surface area contributed by atoms with Crippen LogP contribution < -0.4 is 15.5 Å². The molecule has 1 saturated heterocycles. The summed E-state index contributed by atoms with van der Waals surface area (Å²) in [6.07, 6.45) is 0.747. The van der Waals surface area contributed by atoms with Crippen molar-refractivity contribution in [2.45, 2.75) is 25.9 Å². The van der Waals surface area contributed by atoms with E-state index in [-0.39, 0.29) is 6.04 Å². The molecule has 1 aromatic carbocycles. The first-order chi connectivity index (χ1) is 8.70. The monoisotopic (exact) mass is 247 g/mol. The molecule has 18 heavy (non-hydrogen) atoms. The van der Waals surface area contributed by atoms with Crippen molar-refractivity contribution >= 4 is 12.1 Å². The van der Waals surface area contributed by atoms with Crippen molar-refractivity contribution in [3.63, 3.8) is 0 Å². The van der Waals surface area contributed by atoms with E-state index in [1.165, 1.54) is 5.69 Å². The number of nitrogens with one attached hydrogen (secondary N) is 2. The van der Waals surface area contributed by atoms with Crippen LogP contribution in [0.4, 0.5) is 5.69 Å². The molecule has 1 aliphatic rings. The van der Waals surface area contributed by atoms with Gasteiger partial charge in [-0.2, -0.15) is 0 Å². The van der Waals surface area contributed by atoms with Crippen LogP contribution in [0.15, 0.2) is 24.3 Å². The number of hydrogen-bond acceptors (Lipinski definition) is 3. The number of anilines is 1. The summed E-state index contributed by atoms with van der Waals surface area (Å²) >= 11 is 0. The lowest BCUT2D eigenvalue weighted by Gasteiger charge is -2.33. The molecular weight excluding hydrogens is 226 g/mol. The van der Waals surface area contributed by atoms with Gasteiger partial charge in [-0.25, -0.2) is 0 Å². The highest BCUT2D eigenvalue weighted by atomic mass is 16.1. The smallest absolute Gasteiger partial charge is 0.207 e. The molecule has 1 aliphatic heterocycles. The number of nitrogens with zero attached hydrogens (tertiary/aromatic N) is 1. The van der Waals surface area contributed by atoms with Gasteiger partial charge in [0.15, 0.2) is 0 Å². The van der Waals surface area contributed by atoms with Gasteiger partial charge in [0.25, 0.3) is 0 Å². The van der Waals surface area contributed by atoms with Gasteiger partial charge in [-0.15, -0.1) is 0 Å². The Morgan fingerprint density at radius 3 is 2.78 bits per heavy atom. The first kappa shape index (κ1) is 12.9. The molecule has 98 valence electrons. The summed E-state index contributed by atoms with van der Waals surface area (Å²) in [5.41, 5.74) is 2.39. The van der Waals surface area contributed by atoms with Crippen LogP contribution in [0.3, 0.4) is 0 Å². The Morgan fingerprint density at radius 1 is 1.44 bits per heavy atom. The minimum atomic E-state index is 0.0681. The molecule has 2 rings (SSSR count). The molecule has 1 amide bonds. The Kier molecular flexibility index (Phi) is 4.20. The van der Waals surface area contributed by atoms with E-state index >= 15 is 0 Å². The minimum absolute atomic E-state index is 0.0681. The van der Waals surface area contributed by atoms with E-state index in [1.807, 2.05) is 6.92 Å². The topological polar surface area (TPSA) is 44.4 Å². The molecule has 0 aliphatic carbocycles. The second kappa shape index (κ2) is 5.87. The number of piperazine rings is 1. The van der Waals surface area contributed by atoms with Gasteiger partial charge in [-0.1, -0.05) is 12.1 Å². The third-order valence-corrected chi connectivity index (χ3v) is 3.45. The molecule has 0 saturated carbocycles. The summed E-state index contributed by atoms with van der Waals surface area (Å²) in [5.74, 6) is 0. The van der Waals surface area contributed by atoms with Crippen LogP contribution in [0.25, 0.3) is 0 Å². The van der Waals surface area contributed by atoms with E-state index in [0.717, 1.165) is 31.6 Å². The Hall–Kier alpha value is -1.55. The number of rotatable bonds is 4. The Morgan fingerprint density at radius 2 is 2.17 bits per heavy atom. The normalized spacial score (nSPS) is 21.4. The van der Waals surface area contributed by atoms with Gasteiger partial charge in [0.05, 0.1) is 6.04 Å². The molecule has 0 aromatic heterocycles. The van der Waals surface area contributed by atoms with Gasteiger partial charge >= 0.3 is 0 Å². The van der Waals surface area contributed by atoms with Gasteiger partial charge in [0.1, 0.15) is 0 Å². The first-order valence-electron chi connectivity index (χ1n) is 6.48. The SMILES string of the molecule is CC(NC=O)c1ccc(N2CCN[C@@H](C)C2)cc1. The molecule has 1 unspecified atom stereocenters. The van der Waals surface area contributed by atoms with E-state index in [4.69, 9.17) is 0 Å². The maximum absolute atomic E-state index is 10.4. The highest BCUT2D eigenvalue weighted by Gasteiger charge is 2.15. The van der Waals surface area contributed by atoms with Crippen LogP contribution >= 0.6 is 0 Å². The fourth-order valence-corrected chi connectivity index (χ4v) is 2.34. The van der Waals surface area contributed by atoms with Gasteiger partial charge < -0.3 is 15.5 Å². The predicted molar refractivity (Wildman–Crippen MR) is 73.7 cm³/mol. The summed E-state index contributed by atoms with van der Waals surface area (Å²) in [6, 6.07) is 9.05. The lowest BCUT2D eigenvalue weighted by molar-refractivity contribution is -0.110. The number of hydrogen-bond donors (Lipinski definition) is 2. The molecular formula is C14H21N3O. The molecule has 2 N–H and O–H groups in total. The van der Waals surface area contributed by atoms with Gasteiger partial charge in [0.2, 0.25) is 6.41 Å². The van der Waals surface area contributed by atoms with Crippen molar-refractivity contribution in [3.05, 3.63) is 29.8 Å². The van der Waals surface area contributed by atoms with Gasteiger partial charge in [0, 0.05) is 31.4 Å². The zero-order valence-electron chi connectivity index (χ0n) is 11.0. The highest BCUT2D eigenvalue weighted by molar-refractivity contribution is 5.51. The van der Waals surface area contributed by atoms with E-state index in [1.54, 1.807) is 0 Å². The van der Waals surface area contributed by atoms with Crippen LogP contribution in [0, 0.1) is 0 Å². The number of benzene rings is 1. The van der Waals surface area contributed by atoms with Crippen LogP contribution in [0.5, 0.6) is 0 Å². The number of amides is 1. The fourth-order valence-electron chi connectivity index (χ4n) is 2.34. The molecule has 1 fully saturated rings. The van der Waals surface area contributed by atoms with Crippen molar-refractivity contribution in [2.24, 2.45) is 0 Å². The molecule has 1 heterocycles. The third-order valence-electron chi connectivity index (χ3n) is 3.45. The molecule has 0 bridgehead atoms. The van der Waals surface area contributed by atoms with E-state index < -0.39 is 0 Å². The largest absolute Gasteiger partial charge is 0.369 e. The zero-order valence-corrected chi connectivity index (χ0v) is 11.0. The quantitative estimate of drug-likeness (QED) is 0.788. The Labute approximate surface area is 108 Å². The van der Waals surface area contributed by atoms with Crippen LogP contribution in [0.1, 0.15) is 25.5 Å². The summed E-state index contributed by atoms with van der Waals surface area (Å²) < 4.78 is 0. The average molecular weight is 247 g/mol. The second-order valence-corrected chi connectivity index (χ2v) is 4.90. The highest BCUT2D eigenvalue weighted by Crippen LogP contribution is 2.20. The van der Waals surface area contributed by atoms with Crippen LogP contribution in [0.2, 0.25) is 0 Å². The maximum atomic E-state index is 10.4. The summed E-state index contributed by atoms with van der Waals surface area (Å²) in [4.78, 5) is 12.8. The molecule has 0 spiro atoms. The summed E-state index contributed by atoms with van der Waals surface area (Å²) in [5, 5.41) is 6.20. The maximum Gasteiger partial charge on any atom is 0.207 e. The Bertz CT molecular complexity index is 391. The van der Waals surface area contributed by atoms with E-state index in [2.05, 4.69) is 46.7 Å². The first-order valence-corrected chi connectivity index (χ1v) is 6.48. The van der Waals surface area contributed by atoms with Crippen molar-refractivity contribution in [2.75, 3.05) is 24.5 Å². The van der Waals surface area contributed by atoms with E-state index in [0.29, 0.717) is 6.04 Å². The predicted octanol–water partition coefficient (Wildman–Crippen LogP) is 1.29. The van der Waals surface area contributed by atoms with Gasteiger partial charge in [-0.05, 0) is 31.5 Å². The lowest BCUT2D eigenvalue weighted by atomic mass is 10.1. The van der Waals surface area contributed by atoms with E-state index in [9.17, 15) is 4.79 Å². The molecule has 0 radical (unpaired) electrons. The van der Waals surface area contributed by atoms with Crippen molar-refractivity contribution in [1.29, 1.82) is 0 Å². The third kappa shape index (κ3) is 3.01. The standard InChI is InChI=1S/C14H21N3O/c1-11-9-17(8-7-15-11)14-5-3-13(4-6-14)12(2)16-10-18/h3-6,10-12,15H,7-9H2,1-2H3,(H,16,18)/t11-,12?/m0/s1. The molecule has 4 heteroatoms. The van der Waals surface area contributed by atoms with Crippen molar-refractivity contribution < 1.29 is 4.79 Å². The Balaban J connectivity index is 2.04. The van der Waals surface area contributed by atoms with Crippen LogP contribution in [-0.4, -0.2) is 32.1 Å². The summed E-state index contributed by atoms with van der Waals surface area (Å²) in [6.45, 7) is 7.31. The summed E-state index contributed by atoms with van der Waals surface area (Å²) in [7, 11) is 0. The second-order valence-electron chi connectivity index (χ2n) is 4.90. The molecule has 1 aromatic rings. The lowest BCUT2D eigenvalue weighted by Crippen LogP contribution is -2.49. The molecule has 2 atom stereocenters. The van der Waals surface area contributed by atoms with Gasteiger partial charge in [-0.3, -0.25) is 4.79 Å². The zero-order chi connectivity index (χ0) is 13.0. The average Bonchev–Trinajstić information content (AvgIpc) is 2.39. The fraction of sp³-hybridized carbons (Fsp3) is 0.500. The minimum Gasteiger partial charge on any atom is -0.369 e. The number of carbonyl (C=O) groups excluding carboxylic acids is 1. The number of carbonyl (C=O) groups is 1.